The van der Waals surface area contributed by atoms with E-state index in [2.05, 4.69) is 7.05 Å². The van der Waals surface area contributed by atoms with Gasteiger partial charge >= 0.3 is 17.1 Å². The van der Waals surface area contributed by atoms with Gasteiger partial charge < -0.3 is 4.57 Å². The fourth-order valence-corrected chi connectivity index (χ4v) is 0.434. The minimum absolute atomic E-state index is 0. The standard InChI is InChI=1S/C6H7N.Cu/c1-7-5-3-2-4-6-7;/h2-6H,1H2;/q;+2. The Labute approximate surface area is 59.8 Å². The van der Waals surface area contributed by atoms with E-state index in [9.17, 15) is 0 Å². The van der Waals surface area contributed by atoms with E-state index >= 15 is 0 Å². The van der Waals surface area contributed by atoms with Gasteiger partial charge in [-0.2, -0.15) is 0 Å². The van der Waals surface area contributed by atoms with Gasteiger partial charge in [0.1, 0.15) is 0 Å². The maximum absolute atomic E-state index is 3.64. The van der Waals surface area contributed by atoms with Gasteiger partial charge in [0.15, 0.2) is 0 Å². The molecule has 1 rings (SSSR count). The van der Waals surface area contributed by atoms with Gasteiger partial charge in [-0.05, 0) is 0 Å². The van der Waals surface area contributed by atoms with Gasteiger partial charge in [0.25, 0.3) is 0 Å². The van der Waals surface area contributed by atoms with Crippen molar-refractivity contribution in [1.29, 1.82) is 0 Å². The number of hydrogen-bond donors (Lipinski definition) is 0. The van der Waals surface area contributed by atoms with E-state index in [1.165, 1.54) is 0 Å². The van der Waals surface area contributed by atoms with Crippen LogP contribution in [-0.4, -0.2) is 0 Å². The predicted octanol–water partition coefficient (Wildman–Crippen LogP) is 0.611. The van der Waals surface area contributed by atoms with E-state index in [1.807, 2.05) is 30.6 Å². The molecular weight excluding hydrogens is 150 g/mol. The molecule has 0 aliphatic rings. The Kier molecular flexibility index (Phi) is 3.33. The maximum Gasteiger partial charge on any atom is 2.00 e. The van der Waals surface area contributed by atoms with Crippen molar-refractivity contribution in [3.05, 3.63) is 37.6 Å². The van der Waals surface area contributed by atoms with Crippen molar-refractivity contribution in [3.8, 4) is 0 Å². The zero-order valence-corrected chi connectivity index (χ0v) is 5.28. The summed E-state index contributed by atoms with van der Waals surface area (Å²) in [6, 6.07) is 5.84. The molecule has 0 aliphatic carbocycles. The summed E-state index contributed by atoms with van der Waals surface area (Å²) in [7, 11) is 3.64. The van der Waals surface area contributed by atoms with Gasteiger partial charge in [0.05, 0.1) is 12.4 Å². The van der Waals surface area contributed by atoms with E-state index < -0.39 is 0 Å². The van der Waals surface area contributed by atoms with E-state index in [1.54, 1.807) is 4.57 Å². The van der Waals surface area contributed by atoms with Gasteiger partial charge in [0, 0.05) is 7.05 Å². The van der Waals surface area contributed by atoms with Gasteiger partial charge in [-0.3, -0.25) is 0 Å². The molecule has 0 spiro atoms. The summed E-state index contributed by atoms with van der Waals surface area (Å²) in [5.74, 6) is 0. The third-order valence-corrected chi connectivity index (χ3v) is 0.777. The number of aromatic nitrogens is 1. The first-order chi connectivity index (χ1) is 3.39. The Bertz CT molecular complexity index is 138. The Morgan fingerprint density at radius 3 is 1.75 bits per heavy atom. The molecule has 0 atom stereocenters. The van der Waals surface area contributed by atoms with Crippen molar-refractivity contribution in [2.45, 2.75) is 0 Å². The topological polar surface area (TPSA) is 3.88 Å². The molecule has 2 heteroatoms. The van der Waals surface area contributed by atoms with Crippen LogP contribution in [0.1, 0.15) is 0 Å². The molecule has 1 nitrogen and oxygen atoms in total. The van der Waals surface area contributed by atoms with Crippen LogP contribution in [0, 0.1) is 7.05 Å². The summed E-state index contributed by atoms with van der Waals surface area (Å²) in [6.07, 6.45) is 3.78. The van der Waals surface area contributed by atoms with E-state index in [-0.39, 0.29) is 17.1 Å². The van der Waals surface area contributed by atoms with E-state index in [0.29, 0.717) is 0 Å². The Hall–Kier alpha value is -0.461. The van der Waals surface area contributed by atoms with Crippen LogP contribution in [0.2, 0.25) is 0 Å². The summed E-state index contributed by atoms with van der Waals surface area (Å²) in [6.45, 7) is 0. The van der Waals surface area contributed by atoms with Crippen LogP contribution >= 0.6 is 0 Å². The molecule has 0 fully saturated rings. The smallest absolute Gasteiger partial charge is 0.339 e. The number of nitrogens with zero attached hydrogens (tertiary/aromatic N) is 1. The Morgan fingerprint density at radius 1 is 1.00 bits per heavy atom. The van der Waals surface area contributed by atoms with Crippen molar-refractivity contribution in [2.24, 2.45) is 0 Å². The van der Waals surface area contributed by atoms with Crippen molar-refractivity contribution in [3.63, 3.8) is 0 Å². The predicted molar refractivity (Wildman–Crippen MR) is 27.4 cm³/mol. The molecule has 1 heterocycles. The van der Waals surface area contributed by atoms with Crippen molar-refractivity contribution >= 4 is 0 Å². The molecule has 1 aromatic heterocycles. The van der Waals surface area contributed by atoms with Crippen LogP contribution in [0.5, 0.6) is 0 Å². The summed E-state index contributed by atoms with van der Waals surface area (Å²) >= 11 is 0. The minimum Gasteiger partial charge on any atom is -0.339 e. The zero-order valence-electron chi connectivity index (χ0n) is 4.34. The first kappa shape index (κ1) is 7.54. The quantitative estimate of drug-likeness (QED) is 0.295. The molecule has 1 aromatic rings. The van der Waals surface area contributed by atoms with Crippen LogP contribution < -0.4 is 4.57 Å². The second-order valence-electron chi connectivity index (χ2n) is 1.39. The SMILES string of the molecule is [CH2-][n+]1ccccc1.[Cu+2]. The average Bonchev–Trinajstić information content (AvgIpc) is 1.69. The fraction of sp³-hybridized carbons (Fsp3) is 0. The zero-order chi connectivity index (χ0) is 5.11. The molecule has 0 amide bonds. The molecular formula is C6H7CuN+2. The molecule has 8 heavy (non-hydrogen) atoms. The molecule has 0 saturated heterocycles. The summed E-state index contributed by atoms with van der Waals surface area (Å²) in [4.78, 5) is 0. The molecule has 0 aromatic carbocycles. The Balaban J connectivity index is 0.000000490. The molecule has 45 valence electrons. The summed E-state index contributed by atoms with van der Waals surface area (Å²) in [5.41, 5.74) is 0. The van der Waals surface area contributed by atoms with Crippen molar-refractivity contribution < 1.29 is 21.6 Å². The van der Waals surface area contributed by atoms with Gasteiger partial charge in [0.2, 0.25) is 0 Å². The van der Waals surface area contributed by atoms with E-state index in [0.717, 1.165) is 0 Å². The van der Waals surface area contributed by atoms with Gasteiger partial charge in [-0.25, -0.2) is 0 Å². The second-order valence-corrected chi connectivity index (χ2v) is 1.39. The first-order valence-corrected chi connectivity index (χ1v) is 2.17. The maximum atomic E-state index is 3.64. The summed E-state index contributed by atoms with van der Waals surface area (Å²) in [5, 5.41) is 0. The Morgan fingerprint density at radius 2 is 1.50 bits per heavy atom. The first-order valence-electron chi connectivity index (χ1n) is 2.17. The normalized spacial score (nSPS) is 7.50. The number of pyridine rings is 1. The van der Waals surface area contributed by atoms with Crippen molar-refractivity contribution in [2.75, 3.05) is 0 Å². The van der Waals surface area contributed by atoms with Crippen LogP contribution in [0.3, 0.4) is 0 Å². The fourth-order valence-electron chi connectivity index (χ4n) is 0.434. The van der Waals surface area contributed by atoms with Gasteiger partial charge in [-0.1, -0.05) is 18.2 Å². The van der Waals surface area contributed by atoms with Crippen LogP contribution in [0.15, 0.2) is 30.6 Å². The molecule has 0 bridgehead atoms. The van der Waals surface area contributed by atoms with E-state index in [4.69, 9.17) is 0 Å². The second kappa shape index (κ2) is 3.53. The van der Waals surface area contributed by atoms with Crippen LogP contribution in [0.4, 0.5) is 0 Å². The third kappa shape index (κ3) is 2.01. The molecule has 0 aliphatic heterocycles. The summed E-state index contributed by atoms with van der Waals surface area (Å²) < 4.78 is 1.75. The number of rotatable bonds is 0. The molecule has 1 radical (unpaired) electrons. The largest absolute Gasteiger partial charge is 2.00 e. The van der Waals surface area contributed by atoms with Crippen LogP contribution in [0.25, 0.3) is 0 Å². The van der Waals surface area contributed by atoms with Crippen molar-refractivity contribution in [1.82, 2.24) is 0 Å². The van der Waals surface area contributed by atoms with Crippen LogP contribution in [-0.2, 0) is 17.1 Å². The molecule has 0 N–H and O–H groups in total. The molecule has 0 unspecified atom stereocenters. The monoisotopic (exact) mass is 156 g/mol. The van der Waals surface area contributed by atoms with Gasteiger partial charge in [-0.15, -0.1) is 0 Å². The molecule has 0 saturated carbocycles. The number of hydrogen-bond acceptors (Lipinski definition) is 0. The minimum atomic E-state index is 0. The third-order valence-electron chi connectivity index (χ3n) is 0.777. The average molecular weight is 157 g/mol.